The van der Waals surface area contributed by atoms with Crippen LogP contribution in [-0.2, 0) is 14.6 Å². The third-order valence-electron chi connectivity index (χ3n) is 3.57. The van der Waals surface area contributed by atoms with Gasteiger partial charge in [0.05, 0.1) is 6.07 Å². The number of nitriles is 1. The van der Waals surface area contributed by atoms with Crippen LogP contribution >= 0.6 is 0 Å². The minimum atomic E-state index is -3.61. The molecule has 0 radical (unpaired) electrons. The minimum Gasteiger partial charge on any atom is -0.480 e. The predicted octanol–water partition coefficient (Wildman–Crippen LogP) is 1.10. The van der Waals surface area contributed by atoms with Gasteiger partial charge in [-0.1, -0.05) is 29.8 Å². The maximum absolute atomic E-state index is 11.7. The highest BCUT2D eigenvalue weighted by Crippen LogP contribution is 2.62. The molecule has 0 bridgehead atoms. The first-order valence-corrected chi connectivity index (χ1v) is 7.60. The molecule has 3 atom stereocenters. The molecule has 1 fully saturated rings. The number of rotatable bonds is 3. The molecule has 5 nitrogen and oxygen atoms in total. The molecule has 1 saturated carbocycles. The van der Waals surface area contributed by atoms with E-state index in [9.17, 15) is 18.3 Å². The van der Waals surface area contributed by atoms with Crippen LogP contribution < -0.4 is 0 Å². The minimum absolute atomic E-state index is 0.574. The van der Waals surface area contributed by atoms with Crippen LogP contribution in [0.15, 0.2) is 24.3 Å². The first kappa shape index (κ1) is 13.6. The number of carbonyl (C=O) groups is 1. The molecule has 19 heavy (non-hydrogen) atoms. The standard InChI is InChI=1S/C13H13NO4S/c1-8-3-5-9(6-4-8)10-11(19(2,17)18)13(10,7-14)12(15)16/h3-6,10-11H,1-2H3,(H,15,16)/t10-,11+,13+/m1/s1. The second-order valence-corrected chi connectivity index (χ2v) is 7.09. The second-order valence-electron chi connectivity index (χ2n) is 4.92. The van der Waals surface area contributed by atoms with Crippen LogP contribution in [0.1, 0.15) is 17.0 Å². The zero-order valence-corrected chi connectivity index (χ0v) is 11.3. The number of carboxylic acids is 1. The molecular formula is C13H13NO4S. The van der Waals surface area contributed by atoms with Crippen LogP contribution in [0.5, 0.6) is 0 Å². The van der Waals surface area contributed by atoms with E-state index >= 15 is 0 Å². The van der Waals surface area contributed by atoms with Gasteiger partial charge in [0.1, 0.15) is 5.25 Å². The van der Waals surface area contributed by atoms with Crippen molar-refractivity contribution in [3.63, 3.8) is 0 Å². The number of carboxylic acid groups (broad SMARTS) is 1. The van der Waals surface area contributed by atoms with Crippen molar-refractivity contribution in [1.29, 1.82) is 5.26 Å². The van der Waals surface area contributed by atoms with E-state index in [2.05, 4.69) is 0 Å². The molecule has 0 aliphatic heterocycles. The van der Waals surface area contributed by atoms with E-state index in [-0.39, 0.29) is 0 Å². The molecule has 100 valence electrons. The fourth-order valence-corrected chi connectivity index (χ4v) is 4.35. The van der Waals surface area contributed by atoms with Gasteiger partial charge >= 0.3 is 5.97 Å². The lowest BCUT2D eigenvalue weighted by Crippen LogP contribution is -2.21. The first-order valence-electron chi connectivity index (χ1n) is 5.65. The van der Waals surface area contributed by atoms with Gasteiger partial charge in [0.25, 0.3) is 0 Å². The number of sulfone groups is 1. The van der Waals surface area contributed by atoms with Crippen LogP contribution in [0.4, 0.5) is 0 Å². The molecule has 0 heterocycles. The highest BCUT2D eigenvalue weighted by Gasteiger charge is 2.76. The number of hydrogen-bond acceptors (Lipinski definition) is 4. The number of nitrogens with zero attached hydrogens (tertiary/aromatic N) is 1. The quantitative estimate of drug-likeness (QED) is 0.893. The SMILES string of the molecule is Cc1ccc([C@@H]2[C@H](S(C)(=O)=O)[C@@]2(C#N)C(=O)O)cc1. The summed E-state index contributed by atoms with van der Waals surface area (Å²) in [6.07, 6.45) is 0.973. The summed E-state index contributed by atoms with van der Waals surface area (Å²) in [5.41, 5.74) is -0.300. The van der Waals surface area contributed by atoms with E-state index < -0.39 is 32.4 Å². The zero-order chi connectivity index (χ0) is 14.4. The largest absolute Gasteiger partial charge is 0.480 e. The molecular weight excluding hydrogens is 266 g/mol. The number of benzene rings is 1. The van der Waals surface area contributed by atoms with Gasteiger partial charge < -0.3 is 5.11 Å². The van der Waals surface area contributed by atoms with Crippen molar-refractivity contribution in [1.82, 2.24) is 0 Å². The normalized spacial score (nSPS) is 29.5. The molecule has 2 rings (SSSR count). The Kier molecular flexibility index (Phi) is 2.90. The van der Waals surface area contributed by atoms with E-state index in [4.69, 9.17) is 5.26 Å². The molecule has 1 aromatic carbocycles. The monoisotopic (exact) mass is 279 g/mol. The van der Waals surface area contributed by atoms with Gasteiger partial charge in [-0.3, -0.25) is 4.79 Å². The maximum atomic E-state index is 11.7. The third-order valence-corrected chi connectivity index (χ3v) is 5.14. The van der Waals surface area contributed by atoms with Crippen molar-refractivity contribution >= 4 is 15.8 Å². The van der Waals surface area contributed by atoms with Crippen LogP contribution in [0.25, 0.3) is 0 Å². The Hall–Kier alpha value is -1.87. The molecule has 6 heteroatoms. The number of hydrogen-bond donors (Lipinski definition) is 1. The van der Waals surface area contributed by atoms with Crippen LogP contribution in [0.3, 0.4) is 0 Å². The van der Waals surface area contributed by atoms with Crippen molar-refractivity contribution < 1.29 is 18.3 Å². The number of aliphatic carboxylic acids is 1. The van der Waals surface area contributed by atoms with E-state index in [1.165, 1.54) is 0 Å². The predicted molar refractivity (Wildman–Crippen MR) is 68.2 cm³/mol. The van der Waals surface area contributed by atoms with Crippen LogP contribution in [-0.4, -0.2) is 31.0 Å². The fraction of sp³-hybridized carbons (Fsp3) is 0.385. The zero-order valence-electron chi connectivity index (χ0n) is 10.5. The molecule has 0 spiro atoms. The van der Waals surface area contributed by atoms with Gasteiger partial charge in [-0.15, -0.1) is 0 Å². The van der Waals surface area contributed by atoms with Crippen molar-refractivity contribution in [2.24, 2.45) is 5.41 Å². The molecule has 1 aromatic rings. The summed E-state index contributed by atoms with van der Waals surface area (Å²) in [7, 11) is -3.61. The van der Waals surface area contributed by atoms with E-state index in [0.29, 0.717) is 5.56 Å². The van der Waals surface area contributed by atoms with Gasteiger partial charge in [0.2, 0.25) is 0 Å². The lowest BCUT2D eigenvalue weighted by atomic mass is 10.00. The molecule has 1 N–H and O–H groups in total. The average molecular weight is 279 g/mol. The highest BCUT2D eigenvalue weighted by molar-refractivity contribution is 7.91. The summed E-state index contributed by atoms with van der Waals surface area (Å²) in [4.78, 5) is 11.3. The molecule has 0 amide bonds. The van der Waals surface area contributed by atoms with Gasteiger partial charge in [-0.05, 0) is 12.5 Å². The Bertz CT molecular complexity index is 672. The van der Waals surface area contributed by atoms with Crippen molar-refractivity contribution in [2.45, 2.75) is 18.1 Å². The van der Waals surface area contributed by atoms with Crippen molar-refractivity contribution in [2.75, 3.05) is 6.26 Å². The van der Waals surface area contributed by atoms with E-state index in [1.54, 1.807) is 30.3 Å². The Morgan fingerprint density at radius 3 is 2.21 bits per heavy atom. The Labute approximate surface area is 111 Å². The van der Waals surface area contributed by atoms with Crippen LogP contribution in [0.2, 0.25) is 0 Å². The average Bonchev–Trinajstić information content (AvgIpc) is 3.00. The summed E-state index contributed by atoms with van der Waals surface area (Å²) in [6.45, 7) is 1.87. The van der Waals surface area contributed by atoms with Gasteiger partial charge in [0, 0.05) is 12.2 Å². The summed E-state index contributed by atoms with van der Waals surface area (Å²) in [6, 6.07) is 8.60. The fourth-order valence-electron chi connectivity index (χ4n) is 2.59. The van der Waals surface area contributed by atoms with Gasteiger partial charge in [-0.25, -0.2) is 8.42 Å². The maximum Gasteiger partial charge on any atom is 0.326 e. The number of aryl methyl sites for hydroxylation is 1. The Balaban J connectivity index is 2.54. The molecule has 1 aliphatic rings. The van der Waals surface area contributed by atoms with Gasteiger partial charge in [0.15, 0.2) is 15.3 Å². The second kappa shape index (κ2) is 4.07. The van der Waals surface area contributed by atoms with Gasteiger partial charge in [-0.2, -0.15) is 5.26 Å². The summed E-state index contributed by atoms with van der Waals surface area (Å²) >= 11 is 0. The lowest BCUT2D eigenvalue weighted by Gasteiger charge is -2.02. The van der Waals surface area contributed by atoms with E-state index in [1.807, 2.05) is 6.92 Å². The smallest absolute Gasteiger partial charge is 0.326 e. The highest BCUT2D eigenvalue weighted by atomic mass is 32.2. The molecule has 0 aromatic heterocycles. The molecule has 0 unspecified atom stereocenters. The van der Waals surface area contributed by atoms with E-state index in [0.717, 1.165) is 11.8 Å². The van der Waals surface area contributed by atoms with Crippen molar-refractivity contribution in [3.05, 3.63) is 35.4 Å². The van der Waals surface area contributed by atoms with Crippen molar-refractivity contribution in [3.8, 4) is 6.07 Å². The molecule has 0 saturated heterocycles. The van der Waals surface area contributed by atoms with Crippen LogP contribution in [0, 0.1) is 23.7 Å². The summed E-state index contributed by atoms with van der Waals surface area (Å²) in [5, 5.41) is 17.2. The first-order chi connectivity index (χ1) is 8.75. The summed E-state index contributed by atoms with van der Waals surface area (Å²) in [5.74, 6) is -2.18. The molecule has 1 aliphatic carbocycles. The lowest BCUT2D eigenvalue weighted by molar-refractivity contribution is -0.141. The Morgan fingerprint density at radius 1 is 1.37 bits per heavy atom. The third kappa shape index (κ3) is 1.90. The Morgan fingerprint density at radius 2 is 1.89 bits per heavy atom. The summed E-state index contributed by atoms with van der Waals surface area (Å²) < 4.78 is 23.4. The topological polar surface area (TPSA) is 95.2 Å².